The van der Waals surface area contributed by atoms with Crippen LogP contribution in [0.4, 0.5) is 0 Å². The lowest BCUT2D eigenvalue weighted by atomic mass is 9.96. The number of hydrogen-bond acceptors (Lipinski definition) is 3. The highest BCUT2D eigenvalue weighted by atomic mass is 16.6. The summed E-state index contributed by atoms with van der Waals surface area (Å²) < 4.78 is 10.4. The molecule has 2 saturated heterocycles. The lowest BCUT2D eigenvalue weighted by Gasteiger charge is -2.11. The van der Waals surface area contributed by atoms with E-state index in [9.17, 15) is 4.79 Å². The molecular weight excluding hydrogens is 156 g/mol. The monoisotopic (exact) mass is 168 g/mol. The van der Waals surface area contributed by atoms with Crippen LogP contribution in [0.15, 0.2) is 12.7 Å². The summed E-state index contributed by atoms with van der Waals surface area (Å²) in [5, 5.41) is 0. The maximum Gasteiger partial charge on any atom is 0.335 e. The largest absolute Gasteiger partial charge is 0.460 e. The zero-order valence-electron chi connectivity index (χ0n) is 6.86. The van der Waals surface area contributed by atoms with Gasteiger partial charge in [0.15, 0.2) is 6.10 Å². The van der Waals surface area contributed by atoms with Crippen LogP contribution in [0.2, 0.25) is 0 Å². The molecule has 0 saturated carbocycles. The summed E-state index contributed by atoms with van der Waals surface area (Å²) in [5.74, 6) is 0.0832. The average molecular weight is 168 g/mol. The van der Waals surface area contributed by atoms with Gasteiger partial charge in [-0.05, 0) is 6.42 Å². The molecule has 3 nitrogen and oxygen atoms in total. The quantitative estimate of drug-likeness (QED) is 0.454. The van der Waals surface area contributed by atoms with Crippen molar-refractivity contribution in [2.24, 2.45) is 5.92 Å². The van der Waals surface area contributed by atoms with Crippen LogP contribution in [0.1, 0.15) is 12.8 Å². The van der Waals surface area contributed by atoms with Gasteiger partial charge in [-0.3, -0.25) is 0 Å². The first kappa shape index (κ1) is 7.80. The van der Waals surface area contributed by atoms with Gasteiger partial charge in [0.05, 0.1) is 0 Å². The summed E-state index contributed by atoms with van der Waals surface area (Å²) in [4.78, 5) is 11.2. The van der Waals surface area contributed by atoms with Gasteiger partial charge < -0.3 is 9.47 Å². The molecule has 0 bridgehead atoms. The molecule has 0 aliphatic carbocycles. The van der Waals surface area contributed by atoms with E-state index in [1.54, 1.807) is 6.08 Å². The fourth-order valence-electron chi connectivity index (χ4n) is 1.92. The fourth-order valence-corrected chi connectivity index (χ4v) is 1.92. The van der Waals surface area contributed by atoms with Crippen LogP contribution in [0.3, 0.4) is 0 Å². The smallest absolute Gasteiger partial charge is 0.335 e. The first-order valence-corrected chi connectivity index (χ1v) is 4.26. The topological polar surface area (TPSA) is 35.5 Å². The van der Waals surface area contributed by atoms with Crippen LogP contribution in [0.5, 0.6) is 0 Å². The average Bonchev–Trinajstić information content (AvgIpc) is 2.58. The first-order valence-electron chi connectivity index (χ1n) is 4.26. The van der Waals surface area contributed by atoms with E-state index in [4.69, 9.17) is 9.47 Å². The molecule has 0 aromatic rings. The van der Waals surface area contributed by atoms with Gasteiger partial charge in [-0.1, -0.05) is 6.08 Å². The van der Waals surface area contributed by atoms with Crippen LogP contribution in [0, 0.1) is 5.92 Å². The lowest BCUT2D eigenvalue weighted by Crippen LogP contribution is -2.20. The molecule has 3 atom stereocenters. The van der Waals surface area contributed by atoms with Crippen molar-refractivity contribution < 1.29 is 14.3 Å². The molecule has 2 rings (SSSR count). The number of esters is 1. The molecule has 0 aromatic heterocycles. The second-order valence-electron chi connectivity index (χ2n) is 3.24. The van der Waals surface area contributed by atoms with Gasteiger partial charge in [-0.15, -0.1) is 6.58 Å². The van der Waals surface area contributed by atoms with Crippen molar-refractivity contribution in [1.82, 2.24) is 0 Å². The van der Waals surface area contributed by atoms with E-state index in [1.165, 1.54) is 0 Å². The van der Waals surface area contributed by atoms with E-state index < -0.39 is 0 Å². The number of carbonyl (C=O) groups is 1. The normalized spacial score (nSPS) is 39.3. The minimum absolute atomic E-state index is 0.0162. The van der Waals surface area contributed by atoms with Crippen molar-refractivity contribution >= 4 is 5.97 Å². The number of ether oxygens (including phenoxy) is 2. The van der Waals surface area contributed by atoms with Gasteiger partial charge in [0, 0.05) is 18.9 Å². The van der Waals surface area contributed by atoms with Crippen LogP contribution >= 0.6 is 0 Å². The van der Waals surface area contributed by atoms with Crippen molar-refractivity contribution in [1.29, 1.82) is 0 Å². The van der Waals surface area contributed by atoms with Gasteiger partial charge in [0.25, 0.3) is 0 Å². The summed E-state index contributed by atoms with van der Waals surface area (Å²) in [5.41, 5.74) is 0. The molecule has 0 amide bonds. The molecule has 0 N–H and O–H groups in total. The number of rotatable bonds is 2. The van der Waals surface area contributed by atoms with Crippen LogP contribution in [-0.2, 0) is 14.3 Å². The predicted molar refractivity (Wildman–Crippen MR) is 42.5 cm³/mol. The third-order valence-corrected chi connectivity index (χ3v) is 2.51. The Hall–Kier alpha value is -0.830. The minimum atomic E-state index is -0.282. The summed E-state index contributed by atoms with van der Waals surface area (Å²) >= 11 is 0. The third-order valence-electron chi connectivity index (χ3n) is 2.51. The summed E-state index contributed by atoms with van der Waals surface area (Å²) in [6.07, 6.45) is 3.21. The van der Waals surface area contributed by atoms with Gasteiger partial charge >= 0.3 is 5.97 Å². The Kier molecular flexibility index (Phi) is 1.89. The molecule has 0 unspecified atom stereocenters. The number of cyclic esters (lactones) is 1. The Morgan fingerprint density at radius 3 is 3.25 bits per heavy atom. The molecule has 3 heteroatoms. The Morgan fingerprint density at radius 2 is 2.50 bits per heavy atom. The molecule has 2 aliphatic rings. The maximum absolute atomic E-state index is 11.2. The van der Waals surface area contributed by atoms with Crippen molar-refractivity contribution in [3.8, 4) is 0 Å². The molecule has 66 valence electrons. The van der Waals surface area contributed by atoms with Gasteiger partial charge in [-0.25, -0.2) is 4.79 Å². The maximum atomic E-state index is 11.2. The molecule has 0 spiro atoms. The molecule has 2 aliphatic heterocycles. The van der Waals surface area contributed by atoms with E-state index in [-0.39, 0.29) is 24.1 Å². The highest BCUT2D eigenvalue weighted by molar-refractivity contribution is 5.78. The summed E-state index contributed by atoms with van der Waals surface area (Å²) in [6.45, 7) is 4.32. The number of fused-ring (bicyclic) bond motifs is 1. The van der Waals surface area contributed by atoms with E-state index in [0.29, 0.717) is 6.61 Å². The summed E-state index contributed by atoms with van der Waals surface area (Å²) in [7, 11) is 0. The van der Waals surface area contributed by atoms with E-state index >= 15 is 0 Å². The SMILES string of the molecule is C=CC[C@H]1OC(=O)[C@@H]2OCC[C@H]12. The summed E-state index contributed by atoms with van der Waals surface area (Å²) in [6, 6.07) is 0. The van der Waals surface area contributed by atoms with Crippen molar-refractivity contribution in [2.45, 2.75) is 25.0 Å². The lowest BCUT2D eigenvalue weighted by molar-refractivity contribution is -0.149. The predicted octanol–water partition coefficient (Wildman–Crippen LogP) is 0.893. The van der Waals surface area contributed by atoms with E-state index in [1.807, 2.05) is 0 Å². The Balaban J connectivity index is 2.09. The zero-order chi connectivity index (χ0) is 8.55. The second kappa shape index (κ2) is 2.90. The van der Waals surface area contributed by atoms with Gasteiger partial charge in [-0.2, -0.15) is 0 Å². The Morgan fingerprint density at radius 1 is 1.67 bits per heavy atom. The zero-order valence-corrected chi connectivity index (χ0v) is 6.86. The molecule has 0 aromatic carbocycles. The highest BCUT2D eigenvalue weighted by Gasteiger charge is 2.47. The van der Waals surface area contributed by atoms with E-state index in [0.717, 1.165) is 12.8 Å². The minimum Gasteiger partial charge on any atom is -0.460 e. The second-order valence-corrected chi connectivity index (χ2v) is 3.24. The molecule has 0 radical (unpaired) electrons. The molecule has 2 fully saturated rings. The van der Waals surface area contributed by atoms with Crippen LogP contribution in [-0.4, -0.2) is 24.8 Å². The highest BCUT2D eigenvalue weighted by Crippen LogP contribution is 2.34. The number of hydrogen-bond donors (Lipinski definition) is 0. The standard InChI is InChI=1S/C9H12O3/c1-2-3-7-6-4-5-11-8(6)9(10)12-7/h2,6-8H,1,3-5H2/t6-,7-,8-/m1/s1. The van der Waals surface area contributed by atoms with Gasteiger partial charge in [0.2, 0.25) is 0 Å². The van der Waals surface area contributed by atoms with Gasteiger partial charge in [0.1, 0.15) is 6.10 Å². The molecule has 2 heterocycles. The molecular formula is C9H12O3. The fraction of sp³-hybridized carbons (Fsp3) is 0.667. The van der Waals surface area contributed by atoms with Crippen molar-refractivity contribution in [3.05, 3.63) is 12.7 Å². The Bertz CT molecular complexity index is 212. The Labute approximate surface area is 71.3 Å². The first-order chi connectivity index (χ1) is 5.83. The van der Waals surface area contributed by atoms with Crippen LogP contribution < -0.4 is 0 Å². The van der Waals surface area contributed by atoms with Crippen LogP contribution in [0.25, 0.3) is 0 Å². The number of carbonyl (C=O) groups excluding carboxylic acids is 1. The third kappa shape index (κ3) is 1.05. The van der Waals surface area contributed by atoms with Crippen molar-refractivity contribution in [3.63, 3.8) is 0 Å². The van der Waals surface area contributed by atoms with E-state index in [2.05, 4.69) is 6.58 Å². The van der Waals surface area contributed by atoms with Crippen molar-refractivity contribution in [2.75, 3.05) is 6.61 Å². The molecule has 12 heavy (non-hydrogen) atoms.